The molecule has 1 aromatic carbocycles. The highest BCUT2D eigenvalue weighted by atomic mass is 79.9. The summed E-state index contributed by atoms with van der Waals surface area (Å²) in [6, 6.07) is 5.77. The number of rotatable bonds is 6. The fourth-order valence-electron chi connectivity index (χ4n) is 2.17. The maximum Gasteiger partial charge on any atom is 0.138 e. The average molecular weight is 353 g/mol. The normalized spacial score (nSPS) is 12.7. The van der Waals surface area contributed by atoms with Crippen molar-refractivity contribution in [1.29, 1.82) is 0 Å². The summed E-state index contributed by atoms with van der Waals surface area (Å²) in [5.41, 5.74) is 7.35. The van der Waals surface area contributed by atoms with Crippen LogP contribution in [0.2, 0.25) is 0 Å². The van der Waals surface area contributed by atoms with Crippen molar-refractivity contribution in [3.8, 4) is 5.75 Å². The van der Waals surface area contributed by atoms with Crippen molar-refractivity contribution >= 4 is 15.9 Å². The van der Waals surface area contributed by atoms with E-state index in [2.05, 4.69) is 39.9 Å². The van der Waals surface area contributed by atoms with Crippen LogP contribution in [0.4, 0.5) is 0 Å². The van der Waals surface area contributed by atoms with Gasteiger partial charge in [-0.15, -0.1) is 0 Å². The molecule has 0 bridgehead atoms. The summed E-state index contributed by atoms with van der Waals surface area (Å²) in [6.45, 7) is 5.17. The molecule has 0 aliphatic heterocycles. The Bertz CT molecular complexity index is 597. The SMILES string of the molecule is COc1ccc(C(N)Cc2ncnn2CC(C)C)cc1Br. The fourth-order valence-corrected chi connectivity index (χ4v) is 2.73. The van der Waals surface area contributed by atoms with Gasteiger partial charge in [-0.25, -0.2) is 9.67 Å². The van der Waals surface area contributed by atoms with E-state index in [0.717, 1.165) is 28.2 Å². The molecule has 0 saturated carbocycles. The van der Waals surface area contributed by atoms with Crippen molar-refractivity contribution in [3.05, 3.63) is 40.4 Å². The Hall–Kier alpha value is -1.40. The first-order chi connectivity index (χ1) is 10.0. The second-order valence-corrected chi connectivity index (χ2v) is 6.31. The molecule has 2 N–H and O–H groups in total. The van der Waals surface area contributed by atoms with E-state index in [1.165, 1.54) is 0 Å². The van der Waals surface area contributed by atoms with Gasteiger partial charge in [0, 0.05) is 19.0 Å². The van der Waals surface area contributed by atoms with Crippen LogP contribution in [0, 0.1) is 5.92 Å². The molecule has 0 saturated heterocycles. The molecule has 1 atom stereocenters. The minimum atomic E-state index is -0.123. The predicted octanol–water partition coefficient (Wildman–Crippen LogP) is 2.95. The molecule has 1 unspecified atom stereocenters. The first-order valence-electron chi connectivity index (χ1n) is 6.97. The van der Waals surface area contributed by atoms with Gasteiger partial charge in [0.25, 0.3) is 0 Å². The second-order valence-electron chi connectivity index (χ2n) is 5.46. The zero-order valence-electron chi connectivity index (χ0n) is 12.6. The van der Waals surface area contributed by atoms with Gasteiger partial charge in [0.15, 0.2) is 0 Å². The topological polar surface area (TPSA) is 66.0 Å². The maximum atomic E-state index is 6.30. The Labute approximate surface area is 133 Å². The third-order valence-corrected chi connectivity index (χ3v) is 3.86. The van der Waals surface area contributed by atoms with Gasteiger partial charge in [-0.1, -0.05) is 19.9 Å². The Morgan fingerprint density at radius 2 is 2.14 bits per heavy atom. The van der Waals surface area contributed by atoms with Crippen molar-refractivity contribution in [3.63, 3.8) is 0 Å². The standard InChI is InChI=1S/C15H21BrN4O/c1-10(2)8-20-15(18-9-19-20)7-13(17)11-4-5-14(21-3)12(16)6-11/h4-6,9-10,13H,7-8,17H2,1-3H3. The van der Waals surface area contributed by atoms with Crippen molar-refractivity contribution in [2.24, 2.45) is 11.7 Å². The lowest BCUT2D eigenvalue weighted by molar-refractivity contribution is 0.411. The van der Waals surface area contributed by atoms with E-state index in [-0.39, 0.29) is 6.04 Å². The highest BCUT2D eigenvalue weighted by Crippen LogP contribution is 2.28. The van der Waals surface area contributed by atoms with Crippen LogP contribution in [0.15, 0.2) is 29.0 Å². The predicted molar refractivity (Wildman–Crippen MR) is 86.2 cm³/mol. The van der Waals surface area contributed by atoms with Crippen LogP contribution < -0.4 is 10.5 Å². The number of halogens is 1. The summed E-state index contributed by atoms with van der Waals surface area (Å²) in [4.78, 5) is 4.33. The lowest BCUT2D eigenvalue weighted by Gasteiger charge is -2.15. The van der Waals surface area contributed by atoms with Gasteiger partial charge in [-0.3, -0.25) is 0 Å². The number of aromatic nitrogens is 3. The summed E-state index contributed by atoms with van der Waals surface area (Å²) < 4.78 is 8.07. The Morgan fingerprint density at radius 1 is 1.38 bits per heavy atom. The molecule has 0 aliphatic rings. The summed E-state index contributed by atoms with van der Waals surface area (Å²) in [7, 11) is 1.65. The van der Waals surface area contributed by atoms with Crippen LogP contribution in [0.5, 0.6) is 5.75 Å². The average Bonchev–Trinajstić information content (AvgIpc) is 2.85. The molecular weight excluding hydrogens is 332 g/mol. The number of benzene rings is 1. The van der Waals surface area contributed by atoms with E-state index in [0.29, 0.717) is 12.3 Å². The van der Waals surface area contributed by atoms with Crippen LogP contribution in [-0.2, 0) is 13.0 Å². The summed E-state index contributed by atoms with van der Waals surface area (Å²) in [5, 5.41) is 4.27. The first kappa shape index (κ1) is 16.0. The quantitative estimate of drug-likeness (QED) is 0.867. The molecule has 0 aliphatic carbocycles. The molecule has 2 aromatic rings. The summed E-state index contributed by atoms with van der Waals surface area (Å²) >= 11 is 3.49. The molecule has 6 heteroatoms. The van der Waals surface area contributed by atoms with Gasteiger partial charge >= 0.3 is 0 Å². The van der Waals surface area contributed by atoms with Crippen molar-refractivity contribution in [1.82, 2.24) is 14.8 Å². The van der Waals surface area contributed by atoms with Gasteiger partial charge in [0.05, 0.1) is 11.6 Å². The lowest BCUT2D eigenvalue weighted by atomic mass is 10.0. The zero-order chi connectivity index (χ0) is 15.4. The number of hydrogen-bond donors (Lipinski definition) is 1. The molecule has 5 nitrogen and oxygen atoms in total. The van der Waals surface area contributed by atoms with Crippen LogP contribution >= 0.6 is 15.9 Å². The van der Waals surface area contributed by atoms with Crippen molar-refractivity contribution < 1.29 is 4.74 Å². The highest BCUT2D eigenvalue weighted by molar-refractivity contribution is 9.10. The molecular formula is C15H21BrN4O. The number of nitrogens with zero attached hydrogens (tertiary/aromatic N) is 3. The molecule has 0 fully saturated rings. The van der Waals surface area contributed by atoms with E-state index in [1.807, 2.05) is 22.9 Å². The second kappa shape index (κ2) is 7.04. The number of hydrogen-bond acceptors (Lipinski definition) is 4. The Morgan fingerprint density at radius 3 is 2.76 bits per heavy atom. The van der Waals surface area contributed by atoms with Crippen molar-refractivity contribution in [2.75, 3.05) is 7.11 Å². The molecule has 1 aromatic heterocycles. The molecule has 0 spiro atoms. The number of nitrogens with two attached hydrogens (primary N) is 1. The third-order valence-electron chi connectivity index (χ3n) is 3.24. The number of ether oxygens (including phenoxy) is 1. The van der Waals surface area contributed by atoms with Gasteiger partial charge < -0.3 is 10.5 Å². The van der Waals surface area contributed by atoms with Crippen LogP contribution in [-0.4, -0.2) is 21.9 Å². The minimum Gasteiger partial charge on any atom is -0.496 e. The van der Waals surface area contributed by atoms with Crippen LogP contribution in [0.3, 0.4) is 0 Å². The molecule has 0 amide bonds. The zero-order valence-corrected chi connectivity index (χ0v) is 14.2. The van der Waals surface area contributed by atoms with Crippen LogP contribution in [0.25, 0.3) is 0 Å². The maximum absolute atomic E-state index is 6.30. The third kappa shape index (κ3) is 4.04. The van der Waals surface area contributed by atoms with E-state index in [4.69, 9.17) is 10.5 Å². The molecule has 0 radical (unpaired) electrons. The van der Waals surface area contributed by atoms with E-state index in [1.54, 1.807) is 13.4 Å². The van der Waals surface area contributed by atoms with E-state index >= 15 is 0 Å². The highest BCUT2D eigenvalue weighted by Gasteiger charge is 2.14. The molecule has 21 heavy (non-hydrogen) atoms. The minimum absolute atomic E-state index is 0.123. The van der Waals surface area contributed by atoms with Gasteiger partial charge in [0.1, 0.15) is 17.9 Å². The first-order valence-corrected chi connectivity index (χ1v) is 7.76. The molecule has 1 heterocycles. The van der Waals surface area contributed by atoms with Gasteiger partial charge in [-0.2, -0.15) is 5.10 Å². The van der Waals surface area contributed by atoms with E-state index < -0.39 is 0 Å². The van der Waals surface area contributed by atoms with Crippen molar-refractivity contribution in [2.45, 2.75) is 32.9 Å². The summed E-state index contributed by atoms with van der Waals surface area (Å²) in [5.74, 6) is 2.24. The molecule has 2 rings (SSSR count). The van der Waals surface area contributed by atoms with Gasteiger partial charge in [-0.05, 0) is 39.5 Å². The largest absolute Gasteiger partial charge is 0.496 e. The smallest absolute Gasteiger partial charge is 0.138 e. The lowest BCUT2D eigenvalue weighted by Crippen LogP contribution is -2.18. The van der Waals surface area contributed by atoms with Crippen LogP contribution in [0.1, 0.15) is 31.3 Å². The Kier molecular flexibility index (Phi) is 5.36. The Balaban J connectivity index is 2.12. The fraction of sp³-hybridized carbons (Fsp3) is 0.467. The molecule has 114 valence electrons. The number of methoxy groups -OCH3 is 1. The monoisotopic (exact) mass is 352 g/mol. The van der Waals surface area contributed by atoms with Gasteiger partial charge in [0.2, 0.25) is 0 Å². The summed E-state index contributed by atoms with van der Waals surface area (Å²) in [6.07, 6.45) is 2.25. The van der Waals surface area contributed by atoms with E-state index in [9.17, 15) is 0 Å².